The minimum atomic E-state index is 0.679. The maximum Gasteiger partial charge on any atom is 0.144 e. The van der Waals surface area contributed by atoms with E-state index in [1.165, 1.54) is 11.3 Å². The molecule has 6 heteroatoms. The van der Waals surface area contributed by atoms with Crippen LogP contribution in [-0.2, 0) is 12.8 Å². The standard InChI is InChI=1S/C15H18ClN3OS/c1-20-14-4-3-10(16)9-13(14)19-15-11(5-7-17-15)12(18-19)6-8-21-2/h3-4,9,17H,5-8H2,1-2H3. The fourth-order valence-electron chi connectivity index (χ4n) is 2.65. The Morgan fingerprint density at radius 3 is 3.10 bits per heavy atom. The summed E-state index contributed by atoms with van der Waals surface area (Å²) >= 11 is 7.99. The molecule has 0 saturated heterocycles. The lowest BCUT2D eigenvalue weighted by molar-refractivity contribution is 0.412. The number of methoxy groups -OCH3 is 1. The van der Waals surface area contributed by atoms with Gasteiger partial charge in [-0.3, -0.25) is 0 Å². The lowest BCUT2D eigenvalue weighted by Crippen LogP contribution is -2.06. The third-order valence-electron chi connectivity index (χ3n) is 3.65. The van der Waals surface area contributed by atoms with Crippen LogP contribution in [0.5, 0.6) is 5.75 Å². The van der Waals surface area contributed by atoms with E-state index in [9.17, 15) is 0 Å². The van der Waals surface area contributed by atoms with Crippen molar-refractivity contribution in [3.63, 3.8) is 0 Å². The SMILES string of the molecule is COc1ccc(Cl)cc1-n1nc(CCSC)c2c1NCC2. The molecule has 1 N–H and O–H groups in total. The van der Waals surface area contributed by atoms with Crippen LogP contribution >= 0.6 is 23.4 Å². The first kappa shape index (κ1) is 14.6. The number of thioether (sulfide) groups is 1. The summed E-state index contributed by atoms with van der Waals surface area (Å²) in [6.45, 7) is 0.961. The van der Waals surface area contributed by atoms with E-state index in [-0.39, 0.29) is 0 Å². The summed E-state index contributed by atoms with van der Waals surface area (Å²) < 4.78 is 7.39. The highest BCUT2D eigenvalue weighted by molar-refractivity contribution is 7.98. The molecule has 4 nitrogen and oxygen atoms in total. The quantitative estimate of drug-likeness (QED) is 0.915. The van der Waals surface area contributed by atoms with E-state index in [4.69, 9.17) is 21.4 Å². The van der Waals surface area contributed by atoms with Crippen molar-refractivity contribution in [2.45, 2.75) is 12.8 Å². The van der Waals surface area contributed by atoms with Crippen molar-refractivity contribution in [2.24, 2.45) is 0 Å². The van der Waals surface area contributed by atoms with Crippen molar-refractivity contribution >= 4 is 29.2 Å². The smallest absolute Gasteiger partial charge is 0.144 e. The van der Waals surface area contributed by atoms with Crippen molar-refractivity contribution in [3.05, 3.63) is 34.5 Å². The van der Waals surface area contributed by atoms with E-state index < -0.39 is 0 Å². The molecule has 3 rings (SSSR count). The van der Waals surface area contributed by atoms with Gasteiger partial charge in [-0.05, 0) is 36.6 Å². The number of benzene rings is 1. The third-order valence-corrected chi connectivity index (χ3v) is 4.49. The number of hydrogen-bond donors (Lipinski definition) is 1. The van der Waals surface area contributed by atoms with Gasteiger partial charge < -0.3 is 10.1 Å². The number of ether oxygens (including phenoxy) is 1. The molecule has 0 saturated carbocycles. The first-order chi connectivity index (χ1) is 10.2. The average Bonchev–Trinajstić information content (AvgIpc) is 3.07. The zero-order valence-electron chi connectivity index (χ0n) is 12.1. The molecule has 112 valence electrons. The summed E-state index contributed by atoms with van der Waals surface area (Å²) in [6.07, 6.45) is 4.14. The summed E-state index contributed by atoms with van der Waals surface area (Å²) in [4.78, 5) is 0. The topological polar surface area (TPSA) is 39.1 Å². The van der Waals surface area contributed by atoms with E-state index in [1.54, 1.807) is 7.11 Å². The molecule has 1 aliphatic heterocycles. The molecule has 0 bridgehead atoms. The predicted molar refractivity (Wildman–Crippen MR) is 89.4 cm³/mol. The Balaban J connectivity index is 2.09. The van der Waals surface area contributed by atoms with Crippen LogP contribution in [0.1, 0.15) is 11.3 Å². The molecule has 2 heterocycles. The van der Waals surface area contributed by atoms with E-state index >= 15 is 0 Å². The second-order valence-electron chi connectivity index (χ2n) is 4.92. The van der Waals surface area contributed by atoms with Crippen molar-refractivity contribution < 1.29 is 4.74 Å². The number of fused-ring (bicyclic) bond motifs is 1. The van der Waals surface area contributed by atoms with E-state index in [2.05, 4.69) is 11.6 Å². The molecular weight excluding hydrogens is 306 g/mol. The molecule has 21 heavy (non-hydrogen) atoms. The number of rotatable bonds is 5. The molecule has 0 fully saturated rings. The van der Waals surface area contributed by atoms with Gasteiger partial charge in [0.05, 0.1) is 12.8 Å². The maximum absolute atomic E-state index is 6.14. The first-order valence-electron chi connectivity index (χ1n) is 6.92. The van der Waals surface area contributed by atoms with Crippen molar-refractivity contribution in [1.82, 2.24) is 9.78 Å². The molecule has 1 aliphatic rings. The Hall–Kier alpha value is -1.33. The van der Waals surface area contributed by atoms with Gasteiger partial charge in [0.1, 0.15) is 17.3 Å². The number of aryl methyl sites for hydroxylation is 1. The van der Waals surface area contributed by atoms with E-state index in [1.807, 2.05) is 34.6 Å². The number of halogens is 1. The Labute approximate surface area is 133 Å². The number of hydrogen-bond acceptors (Lipinski definition) is 4. The van der Waals surface area contributed by atoms with Crippen molar-refractivity contribution in [1.29, 1.82) is 0 Å². The molecule has 2 aromatic rings. The first-order valence-corrected chi connectivity index (χ1v) is 8.69. The van der Waals surface area contributed by atoms with Crippen LogP contribution in [0.2, 0.25) is 5.02 Å². The fourth-order valence-corrected chi connectivity index (χ4v) is 3.21. The van der Waals surface area contributed by atoms with Crippen LogP contribution in [-0.4, -0.2) is 35.4 Å². The van der Waals surface area contributed by atoms with Gasteiger partial charge in [-0.15, -0.1) is 0 Å². The molecule has 0 atom stereocenters. The molecule has 1 aromatic heterocycles. The average molecular weight is 324 g/mol. The predicted octanol–water partition coefficient (Wildman–Crippen LogP) is 3.41. The summed E-state index contributed by atoms with van der Waals surface area (Å²) in [5.74, 6) is 2.93. The Kier molecular flexibility index (Phi) is 4.31. The fraction of sp³-hybridized carbons (Fsp3) is 0.400. The van der Waals surface area contributed by atoms with Gasteiger partial charge in [0, 0.05) is 23.6 Å². The maximum atomic E-state index is 6.14. The molecule has 0 spiro atoms. The van der Waals surface area contributed by atoms with Gasteiger partial charge >= 0.3 is 0 Å². The van der Waals surface area contributed by atoms with Crippen LogP contribution < -0.4 is 10.1 Å². The van der Waals surface area contributed by atoms with Gasteiger partial charge in [-0.25, -0.2) is 4.68 Å². The zero-order chi connectivity index (χ0) is 14.8. The molecular formula is C15H18ClN3OS. The number of nitrogens with zero attached hydrogens (tertiary/aromatic N) is 2. The van der Waals surface area contributed by atoms with E-state index in [0.29, 0.717) is 5.02 Å². The van der Waals surface area contributed by atoms with Gasteiger partial charge in [-0.2, -0.15) is 16.9 Å². The van der Waals surface area contributed by atoms with Gasteiger partial charge in [-0.1, -0.05) is 11.6 Å². The Morgan fingerprint density at radius 1 is 1.48 bits per heavy atom. The lowest BCUT2D eigenvalue weighted by Gasteiger charge is -2.11. The van der Waals surface area contributed by atoms with Gasteiger partial charge in [0.15, 0.2) is 0 Å². The second kappa shape index (κ2) is 6.20. The van der Waals surface area contributed by atoms with Crippen molar-refractivity contribution in [2.75, 3.05) is 31.0 Å². The zero-order valence-corrected chi connectivity index (χ0v) is 13.7. The Bertz CT molecular complexity index is 657. The molecule has 0 radical (unpaired) electrons. The Morgan fingerprint density at radius 2 is 2.33 bits per heavy atom. The van der Waals surface area contributed by atoms with E-state index in [0.717, 1.165) is 42.4 Å². The lowest BCUT2D eigenvalue weighted by atomic mass is 10.2. The summed E-state index contributed by atoms with van der Waals surface area (Å²) in [6, 6.07) is 5.60. The number of aromatic nitrogens is 2. The largest absolute Gasteiger partial charge is 0.494 e. The molecule has 0 unspecified atom stereocenters. The van der Waals surface area contributed by atoms with Gasteiger partial charge in [0.2, 0.25) is 0 Å². The summed E-state index contributed by atoms with van der Waals surface area (Å²) in [7, 11) is 1.67. The van der Waals surface area contributed by atoms with Crippen LogP contribution in [0.4, 0.5) is 5.82 Å². The number of anilines is 1. The summed E-state index contributed by atoms with van der Waals surface area (Å²) in [5.41, 5.74) is 3.38. The highest BCUT2D eigenvalue weighted by Gasteiger charge is 2.24. The van der Waals surface area contributed by atoms with Gasteiger partial charge in [0.25, 0.3) is 0 Å². The second-order valence-corrected chi connectivity index (χ2v) is 6.34. The van der Waals surface area contributed by atoms with Crippen LogP contribution in [0.3, 0.4) is 0 Å². The monoisotopic (exact) mass is 323 g/mol. The van der Waals surface area contributed by atoms with Crippen molar-refractivity contribution in [3.8, 4) is 11.4 Å². The van der Waals surface area contributed by atoms with Crippen LogP contribution in [0.25, 0.3) is 5.69 Å². The molecule has 1 aromatic carbocycles. The van der Waals surface area contributed by atoms with Crippen LogP contribution in [0, 0.1) is 0 Å². The third kappa shape index (κ3) is 2.72. The highest BCUT2D eigenvalue weighted by atomic mass is 35.5. The normalized spacial score (nSPS) is 13.1. The highest BCUT2D eigenvalue weighted by Crippen LogP contribution is 2.34. The minimum Gasteiger partial charge on any atom is -0.494 e. The molecule has 0 amide bonds. The number of nitrogens with one attached hydrogen (secondary N) is 1. The molecule has 0 aliphatic carbocycles. The summed E-state index contributed by atoms with van der Waals surface area (Å²) in [5, 5.41) is 8.90. The van der Waals surface area contributed by atoms with Crippen LogP contribution in [0.15, 0.2) is 18.2 Å². The minimum absolute atomic E-state index is 0.679.